The van der Waals surface area contributed by atoms with Crippen molar-refractivity contribution >= 4 is 39.9 Å². The van der Waals surface area contributed by atoms with E-state index in [-0.39, 0.29) is 16.9 Å². The minimum atomic E-state index is -1.73. The van der Waals surface area contributed by atoms with Gasteiger partial charge in [-0.15, -0.1) is 0 Å². The molecule has 0 radical (unpaired) electrons. The SMILES string of the molecule is N#Cc1c(C#N)c(N(c2ccc(-c3ccccc3)cc2)c2cccc3c2-c2ccccc2C32c3ccccc3-c3ccccc32)c2c(c1N(c1ccc(-c3ccccc3)cc1)c1cccc3c1-c1ccccc1C31c3ccccc3-c3ccccc31)C1(C(=O)C23c2ccccc2-c2ccccc23)c2ccccc2-c2ccccc21. The van der Waals surface area contributed by atoms with Gasteiger partial charge in [-0.3, -0.25) is 4.79 Å². The summed E-state index contributed by atoms with van der Waals surface area (Å²) in [6.45, 7) is 0. The van der Waals surface area contributed by atoms with E-state index in [0.29, 0.717) is 22.5 Å². The summed E-state index contributed by atoms with van der Waals surface area (Å²) in [6.07, 6.45) is 0. The summed E-state index contributed by atoms with van der Waals surface area (Å²) in [5.74, 6) is -0.0939. The zero-order valence-corrected chi connectivity index (χ0v) is 61.6. The Morgan fingerprint density at radius 3 is 0.702 bits per heavy atom. The molecule has 0 fully saturated rings. The number of hydrogen-bond donors (Lipinski definition) is 0. The van der Waals surface area contributed by atoms with Crippen LogP contribution in [0.4, 0.5) is 34.1 Å². The Labute approximate surface area is 660 Å². The van der Waals surface area contributed by atoms with Gasteiger partial charge in [-0.2, -0.15) is 10.5 Å². The fraction of sp³-hybridized carbons (Fsp3) is 0.0367. The number of fused-ring (bicyclic) bond motifs is 33. The van der Waals surface area contributed by atoms with Gasteiger partial charge in [-0.1, -0.05) is 352 Å². The van der Waals surface area contributed by atoms with Crippen molar-refractivity contribution < 1.29 is 4.79 Å². The quantitative estimate of drug-likeness (QED) is 0.152. The maximum atomic E-state index is 19.7. The number of anilines is 6. The van der Waals surface area contributed by atoms with Crippen LogP contribution in [0, 0.1) is 22.7 Å². The van der Waals surface area contributed by atoms with Crippen LogP contribution in [0.25, 0.3) is 89.0 Å². The molecule has 0 aliphatic heterocycles. The zero-order chi connectivity index (χ0) is 75.3. The molecule has 0 N–H and O–H groups in total. The minimum Gasteiger partial charge on any atom is -0.308 e. The van der Waals surface area contributed by atoms with Gasteiger partial charge in [-0.25, -0.2) is 0 Å². The van der Waals surface area contributed by atoms with Crippen molar-refractivity contribution in [2.24, 2.45) is 0 Å². The lowest BCUT2D eigenvalue weighted by Gasteiger charge is -2.39. The van der Waals surface area contributed by atoms with E-state index in [9.17, 15) is 10.5 Å². The lowest BCUT2D eigenvalue weighted by atomic mass is 9.66. The molecule has 0 atom stereocenters. The number of nitriles is 2. The first-order valence-corrected chi connectivity index (χ1v) is 39.2. The minimum absolute atomic E-state index is 0.0939. The monoisotopic (exact) mass is 1440 g/mol. The average molecular weight is 1450 g/mol. The van der Waals surface area contributed by atoms with Crippen LogP contribution in [0.1, 0.15) is 89.0 Å². The summed E-state index contributed by atoms with van der Waals surface area (Å²) in [5, 5.41) is 27.4. The topological polar surface area (TPSA) is 71.1 Å². The van der Waals surface area contributed by atoms with Gasteiger partial charge in [-0.05, 0) is 181 Å². The highest BCUT2D eigenvalue weighted by molar-refractivity contribution is 6.24. The second kappa shape index (κ2) is 23.5. The van der Waals surface area contributed by atoms with Gasteiger partial charge < -0.3 is 9.80 Å². The highest BCUT2D eigenvalue weighted by Gasteiger charge is 2.71. The van der Waals surface area contributed by atoms with E-state index in [0.717, 1.165) is 134 Å². The molecule has 4 spiro atoms. The van der Waals surface area contributed by atoms with Gasteiger partial charge in [0, 0.05) is 33.6 Å². The molecular weight excluding hydrogens is 1380 g/mol. The first-order valence-electron chi connectivity index (χ1n) is 39.2. The predicted octanol–water partition coefficient (Wildman–Crippen LogP) is 25.6. The second-order valence-corrected chi connectivity index (χ2v) is 31.1. The summed E-state index contributed by atoms with van der Waals surface area (Å²) in [4.78, 5) is 24.3. The Morgan fingerprint density at radius 1 is 0.211 bits per heavy atom. The maximum absolute atomic E-state index is 19.7. The predicted molar refractivity (Wildman–Crippen MR) is 457 cm³/mol. The van der Waals surface area contributed by atoms with Crippen LogP contribution in [-0.4, -0.2) is 5.78 Å². The van der Waals surface area contributed by atoms with E-state index in [1.807, 2.05) is 12.1 Å². The number of benzene rings is 17. The van der Waals surface area contributed by atoms with Crippen LogP contribution in [-0.2, 0) is 26.5 Å². The Bertz CT molecular complexity index is 6570. The van der Waals surface area contributed by atoms with Crippen molar-refractivity contribution in [2.45, 2.75) is 21.7 Å². The molecule has 7 aliphatic carbocycles. The van der Waals surface area contributed by atoms with Gasteiger partial charge in [0.25, 0.3) is 0 Å². The largest absolute Gasteiger partial charge is 0.308 e. The zero-order valence-electron chi connectivity index (χ0n) is 61.6. The molecule has 0 amide bonds. The van der Waals surface area contributed by atoms with E-state index in [4.69, 9.17) is 0 Å². The van der Waals surface area contributed by atoms with Gasteiger partial charge in [0.15, 0.2) is 5.78 Å². The molecule has 0 unspecified atom stereocenters. The van der Waals surface area contributed by atoms with Crippen LogP contribution < -0.4 is 9.80 Å². The molecule has 17 aromatic carbocycles. The summed E-state index contributed by atoms with van der Waals surface area (Å²) >= 11 is 0. The molecule has 7 aliphatic rings. The third-order valence-electron chi connectivity index (χ3n) is 26.4. The standard InChI is InChI=1S/C109H64N4O/c110-65-83-84(66-111)104(113(72-63-59-70(60-64-72)68-31-5-2-6-32-68)98-56-28-54-96-100(98)82-42-16-26-52-94(82)107(96)87-45-19-9-35-75(87)76-36-10-20-46-88(76)107)102-101(108(89-47-21-11-37-77(89)78-38-12-22-48-90(78)108)105(114)109(102)91-49-23-13-39-79(91)80-40-14-24-50-92(80)109)103(83)112(71-61-57-69(58-62-71)67-29-3-1-4-30-67)97-55-27-53-95-99(97)81-41-15-25-51-93(81)106(95)85-43-17-7-33-73(85)74-34-8-18-44-86(74)106/h1-64H. The van der Waals surface area contributed by atoms with E-state index < -0.39 is 21.7 Å². The van der Waals surface area contributed by atoms with Crippen molar-refractivity contribution in [2.75, 3.05) is 9.80 Å². The molecule has 5 nitrogen and oxygen atoms in total. The summed E-state index contributed by atoms with van der Waals surface area (Å²) in [5.41, 5.74) is 29.3. The van der Waals surface area contributed by atoms with Crippen molar-refractivity contribution in [3.63, 3.8) is 0 Å². The normalized spacial score (nSPS) is 14.6. The van der Waals surface area contributed by atoms with E-state index in [1.165, 1.54) is 44.5 Å². The number of rotatable bonds is 8. The third kappa shape index (κ3) is 7.78. The number of nitrogens with zero attached hydrogens (tertiary/aromatic N) is 4. The lowest BCUT2D eigenvalue weighted by Crippen LogP contribution is -2.43. The fourth-order valence-electron chi connectivity index (χ4n) is 22.4. The molecule has 0 saturated carbocycles. The number of hydrogen-bond acceptors (Lipinski definition) is 5. The van der Waals surface area contributed by atoms with Crippen molar-refractivity contribution in [1.29, 1.82) is 10.5 Å². The van der Waals surface area contributed by atoms with Crippen LogP contribution in [0.5, 0.6) is 0 Å². The summed E-state index contributed by atoms with van der Waals surface area (Å²) in [6, 6.07) is 145. The maximum Gasteiger partial charge on any atom is 0.171 e. The van der Waals surface area contributed by atoms with Gasteiger partial charge in [0.05, 0.1) is 44.7 Å². The molecule has 0 bridgehead atoms. The van der Waals surface area contributed by atoms with Gasteiger partial charge in [0.2, 0.25) is 0 Å². The molecule has 5 heteroatoms. The highest BCUT2D eigenvalue weighted by atomic mass is 16.1. The van der Waals surface area contributed by atoms with Crippen LogP contribution in [0.2, 0.25) is 0 Å². The Hall–Kier alpha value is -15.0. The van der Waals surface area contributed by atoms with Crippen molar-refractivity contribution in [3.05, 3.63) is 477 Å². The van der Waals surface area contributed by atoms with Gasteiger partial charge in [0.1, 0.15) is 23.0 Å². The van der Waals surface area contributed by atoms with E-state index in [2.05, 4.69) is 398 Å². The highest BCUT2D eigenvalue weighted by Crippen LogP contribution is 2.75. The van der Waals surface area contributed by atoms with Crippen molar-refractivity contribution in [3.8, 4) is 101 Å². The fourth-order valence-corrected chi connectivity index (χ4v) is 22.4. The Balaban J connectivity index is 0.919. The van der Waals surface area contributed by atoms with Gasteiger partial charge >= 0.3 is 0 Å². The molecular formula is C109H64N4O. The van der Waals surface area contributed by atoms with Crippen LogP contribution >= 0.6 is 0 Å². The molecule has 114 heavy (non-hydrogen) atoms. The third-order valence-corrected chi connectivity index (χ3v) is 26.4. The molecule has 0 heterocycles. The number of carbonyl (C=O) groups is 1. The lowest BCUT2D eigenvalue weighted by molar-refractivity contribution is -0.123. The van der Waals surface area contributed by atoms with Crippen LogP contribution in [0.3, 0.4) is 0 Å². The van der Waals surface area contributed by atoms with Crippen molar-refractivity contribution in [1.82, 2.24) is 0 Å². The average Bonchev–Trinajstić information content (AvgIpc) is 1.46. The van der Waals surface area contributed by atoms with E-state index in [1.54, 1.807) is 0 Å². The molecule has 0 aromatic heterocycles. The molecule has 526 valence electrons. The Kier molecular flexibility index (Phi) is 13.2. The first-order chi connectivity index (χ1) is 56.5. The summed E-state index contributed by atoms with van der Waals surface area (Å²) in [7, 11) is 0. The van der Waals surface area contributed by atoms with Crippen LogP contribution in [0.15, 0.2) is 388 Å². The molecule has 17 aromatic rings. The smallest absolute Gasteiger partial charge is 0.171 e. The van der Waals surface area contributed by atoms with E-state index >= 15 is 4.79 Å². The first kappa shape index (κ1) is 63.9. The summed E-state index contributed by atoms with van der Waals surface area (Å²) < 4.78 is 0. The number of carbonyl (C=O) groups excluding carboxylic acids is 1. The molecule has 0 saturated heterocycles. The molecule has 24 rings (SSSR count). The second-order valence-electron chi connectivity index (χ2n) is 31.1. The Morgan fingerprint density at radius 2 is 0.430 bits per heavy atom. The number of ketones is 1. The number of Topliss-reactive ketones (excluding diaryl/α,β-unsaturated/α-hetero) is 1.